The zero-order valence-corrected chi connectivity index (χ0v) is 8.30. The number of rotatable bonds is 4. The topological polar surface area (TPSA) is 37.3 Å². The SMILES string of the molecule is CSc1cccc(O)c1CCC=O. The standard InChI is InChI=1S/C10H12O2S/c1-13-10-6-2-5-9(12)8(10)4-3-7-11/h2,5-7,12H,3-4H2,1H3. The largest absolute Gasteiger partial charge is 0.508 e. The van der Waals surface area contributed by atoms with Crippen LogP contribution in [0.4, 0.5) is 0 Å². The number of phenols is 1. The summed E-state index contributed by atoms with van der Waals surface area (Å²) in [6.07, 6.45) is 3.91. The van der Waals surface area contributed by atoms with E-state index in [-0.39, 0.29) is 5.75 Å². The number of benzene rings is 1. The molecule has 0 saturated carbocycles. The second kappa shape index (κ2) is 4.92. The molecule has 0 saturated heterocycles. The lowest BCUT2D eigenvalue weighted by atomic mass is 10.1. The summed E-state index contributed by atoms with van der Waals surface area (Å²) in [4.78, 5) is 11.2. The molecule has 13 heavy (non-hydrogen) atoms. The third kappa shape index (κ3) is 2.49. The smallest absolute Gasteiger partial charge is 0.120 e. The van der Waals surface area contributed by atoms with Crippen molar-refractivity contribution < 1.29 is 9.90 Å². The van der Waals surface area contributed by atoms with Crippen LogP contribution < -0.4 is 0 Å². The van der Waals surface area contributed by atoms with Gasteiger partial charge in [-0.1, -0.05) is 6.07 Å². The van der Waals surface area contributed by atoms with E-state index < -0.39 is 0 Å². The highest BCUT2D eigenvalue weighted by Crippen LogP contribution is 2.28. The van der Waals surface area contributed by atoms with Crippen molar-refractivity contribution in [2.45, 2.75) is 17.7 Å². The zero-order chi connectivity index (χ0) is 9.68. The van der Waals surface area contributed by atoms with Crippen molar-refractivity contribution in [1.29, 1.82) is 0 Å². The van der Waals surface area contributed by atoms with E-state index in [2.05, 4.69) is 0 Å². The van der Waals surface area contributed by atoms with Crippen molar-refractivity contribution in [2.75, 3.05) is 6.26 Å². The highest BCUT2D eigenvalue weighted by Gasteiger charge is 2.05. The van der Waals surface area contributed by atoms with Crippen molar-refractivity contribution in [1.82, 2.24) is 0 Å². The first-order valence-electron chi connectivity index (χ1n) is 4.08. The maximum Gasteiger partial charge on any atom is 0.120 e. The second-order valence-electron chi connectivity index (χ2n) is 2.66. The van der Waals surface area contributed by atoms with Crippen LogP contribution in [0.15, 0.2) is 23.1 Å². The van der Waals surface area contributed by atoms with Gasteiger partial charge in [0.05, 0.1) is 0 Å². The second-order valence-corrected chi connectivity index (χ2v) is 3.51. The van der Waals surface area contributed by atoms with Crippen molar-refractivity contribution in [3.63, 3.8) is 0 Å². The molecule has 0 spiro atoms. The summed E-state index contributed by atoms with van der Waals surface area (Å²) in [6, 6.07) is 5.41. The number of phenolic OH excluding ortho intramolecular Hbond substituents is 1. The first-order chi connectivity index (χ1) is 6.29. The van der Waals surface area contributed by atoms with Gasteiger partial charge >= 0.3 is 0 Å². The van der Waals surface area contributed by atoms with E-state index in [1.165, 1.54) is 0 Å². The van der Waals surface area contributed by atoms with Crippen LogP contribution in [0.5, 0.6) is 5.75 Å². The van der Waals surface area contributed by atoms with Gasteiger partial charge in [0.1, 0.15) is 12.0 Å². The minimum Gasteiger partial charge on any atom is -0.508 e. The monoisotopic (exact) mass is 196 g/mol. The zero-order valence-electron chi connectivity index (χ0n) is 7.49. The average Bonchev–Trinajstić information content (AvgIpc) is 2.15. The Hall–Kier alpha value is -0.960. The first kappa shape index (κ1) is 10.1. The van der Waals surface area contributed by atoms with Crippen LogP contribution in [0.2, 0.25) is 0 Å². The number of aldehydes is 1. The summed E-state index contributed by atoms with van der Waals surface area (Å²) in [5.41, 5.74) is 0.877. The fourth-order valence-corrected chi connectivity index (χ4v) is 1.87. The Morgan fingerprint density at radius 3 is 2.92 bits per heavy atom. The Labute approximate surface area is 82.0 Å². The minimum absolute atomic E-state index is 0.286. The maximum atomic E-state index is 10.2. The van der Waals surface area contributed by atoms with Crippen LogP contribution in [-0.4, -0.2) is 17.6 Å². The van der Waals surface area contributed by atoms with E-state index in [9.17, 15) is 9.90 Å². The molecule has 0 amide bonds. The summed E-state index contributed by atoms with van der Waals surface area (Å²) in [5.74, 6) is 0.286. The molecule has 1 aromatic carbocycles. The average molecular weight is 196 g/mol. The van der Waals surface area contributed by atoms with Gasteiger partial charge in [-0.25, -0.2) is 0 Å². The highest BCUT2D eigenvalue weighted by atomic mass is 32.2. The molecule has 0 atom stereocenters. The predicted octanol–water partition coefficient (Wildman–Crippen LogP) is 2.25. The number of hydrogen-bond donors (Lipinski definition) is 1. The van der Waals surface area contributed by atoms with E-state index in [0.717, 1.165) is 16.7 Å². The van der Waals surface area contributed by atoms with Crippen molar-refractivity contribution >= 4 is 18.0 Å². The Morgan fingerprint density at radius 2 is 2.31 bits per heavy atom. The van der Waals surface area contributed by atoms with Gasteiger partial charge in [0.15, 0.2) is 0 Å². The van der Waals surface area contributed by atoms with Crippen LogP contribution >= 0.6 is 11.8 Å². The number of hydrogen-bond acceptors (Lipinski definition) is 3. The summed E-state index contributed by atoms with van der Waals surface area (Å²) >= 11 is 1.58. The molecule has 70 valence electrons. The van der Waals surface area contributed by atoms with Gasteiger partial charge < -0.3 is 9.90 Å². The molecule has 0 unspecified atom stereocenters. The molecule has 0 heterocycles. The number of aromatic hydroxyl groups is 1. The van der Waals surface area contributed by atoms with Gasteiger partial charge in [0, 0.05) is 16.9 Å². The molecule has 0 fully saturated rings. The quantitative estimate of drug-likeness (QED) is 0.592. The van der Waals surface area contributed by atoms with Crippen LogP contribution in [-0.2, 0) is 11.2 Å². The fourth-order valence-electron chi connectivity index (χ4n) is 1.20. The molecule has 0 bridgehead atoms. The van der Waals surface area contributed by atoms with Crippen LogP contribution in [0.25, 0.3) is 0 Å². The molecular formula is C10H12O2S. The third-order valence-corrected chi connectivity index (χ3v) is 2.66. The molecule has 0 aliphatic heterocycles. The van der Waals surface area contributed by atoms with Crippen molar-refractivity contribution in [3.05, 3.63) is 23.8 Å². The Bertz CT molecular complexity index is 297. The Kier molecular flexibility index (Phi) is 3.83. The summed E-state index contributed by atoms with van der Waals surface area (Å²) < 4.78 is 0. The van der Waals surface area contributed by atoms with E-state index in [1.807, 2.05) is 18.4 Å². The van der Waals surface area contributed by atoms with Gasteiger partial charge in [-0.2, -0.15) is 0 Å². The van der Waals surface area contributed by atoms with Gasteiger partial charge in [0.2, 0.25) is 0 Å². The lowest BCUT2D eigenvalue weighted by Crippen LogP contribution is -1.90. The van der Waals surface area contributed by atoms with Crippen LogP contribution in [0.3, 0.4) is 0 Å². The molecular weight excluding hydrogens is 184 g/mol. The number of carbonyl (C=O) groups is 1. The molecule has 1 rings (SSSR count). The summed E-state index contributed by atoms with van der Waals surface area (Å²) in [7, 11) is 0. The Balaban J connectivity index is 2.93. The van der Waals surface area contributed by atoms with E-state index in [0.29, 0.717) is 12.8 Å². The molecule has 0 aliphatic rings. The number of carbonyl (C=O) groups excluding carboxylic acids is 1. The van der Waals surface area contributed by atoms with E-state index in [1.54, 1.807) is 17.8 Å². The first-order valence-corrected chi connectivity index (χ1v) is 5.30. The fraction of sp³-hybridized carbons (Fsp3) is 0.300. The molecule has 0 aliphatic carbocycles. The van der Waals surface area contributed by atoms with Crippen LogP contribution in [0.1, 0.15) is 12.0 Å². The third-order valence-electron chi connectivity index (χ3n) is 1.84. The number of thioether (sulfide) groups is 1. The molecule has 1 aromatic rings. The predicted molar refractivity (Wildman–Crippen MR) is 54.3 cm³/mol. The van der Waals surface area contributed by atoms with E-state index >= 15 is 0 Å². The molecule has 2 nitrogen and oxygen atoms in total. The van der Waals surface area contributed by atoms with Gasteiger partial charge in [0.25, 0.3) is 0 Å². The molecule has 3 heteroatoms. The summed E-state index contributed by atoms with van der Waals surface area (Å²) in [5, 5.41) is 9.52. The van der Waals surface area contributed by atoms with Crippen LogP contribution in [0, 0.1) is 0 Å². The Morgan fingerprint density at radius 1 is 1.54 bits per heavy atom. The molecule has 1 N–H and O–H groups in total. The molecule has 0 radical (unpaired) electrons. The minimum atomic E-state index is 0.286. The van der Waals surface area contributed by atoms with E-state index in [4.69, 9.17) is 0 Å². The highest BCUT2D eigenvalue weighted by molar-refractivity contribution is 7.98. The van der Waals surface area contributed by atoms with Crippen molar-refractivity contribution in [3.8, 4) is 5.75 Å². The summed E-state index contributed by atoms with van der Waals surface area (Å²) in [6.45, 7) is 0. The van der Waals surface area contributed by atoms with Gasteiger partial charge in [-0.15, -0.1) is 11.8 Å². The maximum absolute atomic E-state index is 10.2. The van der Waals surface area contributed by atoms with Crippen molar-refractivity contribution in [2.24, 2.45) is 0 Å². The van der Waals surface area contributed by atoms with Gasteiger partial charge in [-0.3, -0.25) is 0 Å². The lowest BCUT2D eigenvalue weighted by Gasteiger charge is -2.07. The lowest BCUT2D eigenvalue weighted by molar-refractivity contribution is -0.107. The normalized spacial score (nSPS) is 9.92. The van der Waals surface area contributed by atoms with Gasteiger partial charge in [-0.05, 0) is 24.8 Å². The molecule has 0 aromatic heterocycles.